The largest absolute Gasteiger partial charge is 0.361 e. The fourth-order valence-electron chi connectivity index (χ4n) is 2.74. The van der Waals surface area contributed by atoms with Crippen LogP contribution in [0.2, 0.25) is 0 Å². The highest BCUT2D eigenvalue weighted by Crippen LogP contribution is 2.26. The van der Waals surface area contributed by atoms with Gasteiger partial charge in [-0.1, -0.05) is 33.1 Å². The van der Waals surface area contributed by atoms with Gasteiger partial charge in [0.1, 0.15) is 0 Å². The molecule has 0 saturated heterocycles. The molecular weight excluding hydrogens is 196 g/mol. The summed E-state index contributed by atoms with van der Waals surface area (Å²) in [5, 5.41) is 8.29. The minimum absolute atomic E-state index is 0.509. The van der Waals surface area contributed by atoms with Crippen LogP contribution < -0.4 is 0 Å². The molecule has 94 valence electrons. The van der Waals surface area contributed by atoms with E-state index in [0.717, 1.165) is 11.8 Å². The van der Waals surface area contributed by atoms with E-state index in [-0.39, 0.29) is 0 Å². The topological polar surface area (TPSA) is 27.1 Å². The Hall–Kier alpha value is -0.530. The van der Waals surface area contributed by atoms with Crippen molar-refractivity contribution in [2.75, 3.05) is 7.05 Å². The first-order valence-electron chi connectivity index (χ1n) is 6.83. The summed E-state index contributed by atoms with van der Waals surface area (Å²) in [5.74, 6) is 2.14. The van der Waals surface area contributed by atoms with Gasteiger partial charge in [-0.3, -0.25) is 5.41 Å². The van der Waals surface area contributed by atoms with Crippen LogP contribution in [0.5, 0.6) is 0 Å². The molecule has 1 N–H and O–H groups in total. The van der Waals surface area contributed by atoms with Crippen LogP contribution in [0.3, 0.4) is 0 Å². The van der Waals surface area contributed by atoms with Crippen molar-refractivity contribution >= 4 is 5.84 Å². The lowest BCUT2D eigenvalue weighted by Crippen LogP contribution is -2.40. The SMILES string of the molecule is CC(C)CC(C)N(C)C(=N)C1CCCCC1. The monoisotopic (exact) mass is 224 g/mol. The van der Waals surface area contributed by atoms with E-state index in [0.29, 0.717) is 12.0 Å². The molecule has 1 rings (SSSR count). The van der Waals surface area contributed by atoms with Gasteiger partial charge in [0.25, 0.3) is 0 Å². The molecule has 1 aliphatic carbocycles. The first-order chi connectivity index (χ1) is 7.52. The predicted octanol–water partition coefficient (Wildman–Crippen LogP) is 3.91. The molecule has 2 nitrogen and oxygen atoms in total. The average molecular weight is 224 g/mol. The van der Waals surface area contributed by atoms with E-state index in [1.54, 1.807) is 0 Å². The molecule has 0 bridgehead atoms. The fraction of sp³-hybridized carbons (Fsp3) is 0.929. The molecule has 0 aromatic heterocycles. The van der Waals surface area contributed by atoms with Gasteiger partial charge in [0, 0.05) is 19.0 Å². The molecule has 1 saturated carbocycles. The van der Waals surface area contributed by atoms with Crippen molar-refractivity contribution in [3.8, 4) is 0 Å². The molecule has 16 heavy (non-hydrogen) atoms. The third-order valence-electron chi connectivity index (χ3n) is 3.85. The molecular formula is C14H28N2. The van der Waals surface area contributed by atoms with E-state index in [9.17, 15) is 0 Å². The van der Waals surface area contributed by atoms with Crippen LogP contribution in [0.15, 0.2) is 0 Å². The van der Waals surface area contributed by atoms with Gasteiger partial charge in [-0.15, -0.1) is 0 Å². The lowest BCUT2D eigenvalue weighted by Gasteiger charge is -2.34. The quantitative estimate of drug-likeness (QED) is 0.569. The molecule has 1 fully saturated rings. The van der Waals surface area contributed by atoms with Gasteiger partial charge in [-0.05, 0) is 32.1 Å². The van der Waals surface area contributed by atoms with Crippen LogP contribution in [-0.4, -0.2) is 23.8 Å². The average Bonchev–Trinajstić information content (AvgIpc) is 2.27. The highest BCUT2D eigenvalue weighted by molar-refractivity contribution is 5.81. The number of amidine groups is 1. The first-order valence-corrected chi connectivity index (χ1v) is 6.83. The van der Waals surface area contributed by atoms with Crippen LogP contribution in [0.1, 0.15) is 59.3 Å². The van der Waals surface area contributed by atoms with Gasteiger partial charge < -0.3 is 4.90 Å². The predicted molar refractivity (Wildman–Crippen MR) is 71.0 cm³/mol. The van der Waals surface area contributed by atoms with E-state index in [1.165, 1.54) is 38.5 Å². The Bertz CT molecular complexity index is 217. The minimum atomic E-state index is 0.509. The Labute approximate surface area is 101 Å². The number of rotatable bonds is 4. The van der Waals surface area contributed by atoms with E-state index in [2.05, 4.69) is 32.7 Å². The standard InChI is InChI=1S/C14H28N2/c1-11(2)10-12(3)16(4)14(15)13-8-6-5-7-9-13/h11-13,15H,5-10H2,1-4H3. The summed E-state index contributed by atoms with van der Waals surface area (Å²) in [4.78, 5) is 2.20. The van der Waals surface area contributed by atoms with Crippen molar-refractivity contribution in [2.24, 2.45) is 11.8 Å². The van der Waals surface area contributed by atoms with Crippen LogP contribution in [0.25, 0.3) is 0 Å². The molecule has 1 atom stereocenters. The zero-order valence-electron chi connectivity index (χ0n) is 11.4. The Morgan fingerprint density at radius 3 is 2.25 bits per heavy atom. The lowest BCUT2D eigenvalue weighted by atomic mass is 9.87. The van der Waals surface area contributed by atoms with Crippen LogP contribution in [0, 0.1) is 17.2 Å². The van der Waals surface area contributed by atoms with Crippen molar-refractivity contribution in [1.82, 2.24) is 4.90 Å². The molecule has 0 radical (unpaired) electrons. The smallest absolute Gasteiger partial charge is 0.0989 e. The highest BCUT2D eigenvalue weighted by atomic mass is 15.2. The number of nitrogens with zero attached hydrogens (tertiary/aromatic N) is 1. The molecule has 0 heterocycles. The maximum atomic E-state index is 8.29. The molecule has 1 aliphatic rings. The van der Waals surface area contributed by atoms with Crippen LogP contribution in [0.4, 0.5) is 0 Å². The molecule has 0 aromatic carbocycles. The van der Waals surface area contributed by atoms with E-state index in [4.69, 9.17) is 5.41 Å². The lowest BCUT2D eigenvalue weighted by molar-refractivity contribution is 0.302. The van der Waals surface area contributed by atoms with E-state index >= 15 is 0 Å². The van der Waals surface area contributed by atoms with E-state index < -0.39 is 0 Å². The molecule has 2 heteroatoms. The first kappa shape index (κ1) is 13.5. The van der Waals surface area contributed by atoms with E-state index in [1.807, 2.05) is 0 Å². The Morgan fingerprint density at radius 2 is 1.75 bits per heavy atom. The van der Waals surface area contributed by atoms with Crippen LogP contribution >= 0.6 is 0 Å². The van der Waals surface area contributed by atoms with Gasteiger partial charge in [-0.2, -0.15) is 0 Å². The summed E-state index contributed by atoms with van der Waals surface area (Å²) in [5.41, 5.74) is 0. The maximum Gasteiger partial charge on any atom is 0.0989 e. The van der Waals surface area contributed by atoms with Gasteiger partial charge in [-0.25, -0.2) is 0 Å². The normalized spacial score (nSPS) is 19.8. The van der Waals surface area contributed by atoms with Gasteiger partial charge in [0.15, 0.2) is 0 Å². The summed E-state index contributed by atoms with van der Waals surface area (Å²) >= 11 is 0. The zero-order chi connectivity index (χ0) is 12.1. The van der Waals surface area contributed by atoms with Crippen molar-refractivity contribution in [2.45, 2.75) is 65.3 Å². The number of hydrogen-bond acceptors (Lipinski definition) is 1. The molecule has 0 amide bonds. The summed E-state index contributed by atoms with van der Waals surface area (Å²) in [6, 6.07) is 0.509. The Kier molecular flexibility index (Phi) is 5.30. The fourth-order valence-corrected chi connectivity index (χ4v) is 2.74. The second-order valence-electron chi connectivity index (χ2n) is 5.81. The Balaban J connectivity index is 2.45. The molecule has 0 spiro atoms. The summed E-state index contributed by atoms with van der Waals surface area (Å²) in [6.45, 7) is 6.76. The summed E-state index contributed by atoms with van der Waals surface area (Å²) in [6.07, 6.45) is 7.66. The maximum absolute atomic E-state index is 8.29. The highest BCUT2D eigenvalue weighted by Gasteiger charge is 2.23. The minimum Gasteiger partial charge on any atom is -0.361 e. The Morgan fingerprint density at radius 1 is 1.19 bits per heavy atom. The third-order valence-corrected chi connectivity index (χ3v) is 3.85. The third kappa shape index (κ3) is 3.80. The van der Waals surface area contributed by atoms with Crippen molar-refractivity contribution < 1.29 is 0 Å². The molecule has 0 aliphatic heterocycles. The molecule has 1 unspecified atom stereocenters. The van der Waals surface area contributed by atoms with Crippen molar-refractivity contribution in [3.63, 3.8) is 0 Å². The molecule has 0 aromatic rings. The second kappa shape index (κ2) is 6.27. The zero-order valence-corrected chi connectivity index (χ0v) is 11.4. The van der Waals surface area contributed by atoms with Crippen molar-refractivity contribution in [1.29, 1.82) is 5.41 Å². The van der Waals surface area contributed by atoms with Gasteiger partial charge in [0.2, 0.25) is 0 Å². The van der Waals surface area contributed by atoms with Crippen LogP contribution in [-0.2, 0) is 0 Å². The number of hydrogen-bond donors (Lipinski definition) is 1. The van der Waals surface area contributed by atoms with Gasteiger partial charge in [0.05, 0.1) is 5.84 Å². The number of nitrogens with one attached hydrogen (secondary N) is 1. The van der Waals surface area contributed by atoms with Crippen molar-refractivity contribution in [3.05, 3.63) is 0 Å². The van der Waals surface area contributed by atoms with Gasteiger partial charge >= 0.3 is 0 Å². The summed E-state index contributed by atoms with van der Waals surface area (Å²) < 4.78 is 0. The second-order valence-corrected chi connectivity index (χ2v) is 5.81. The summed E-state index contributed by atoms with van der Waals surface area (Å²) in [7, 11) is 2.10.